The molecule has 122 valence electrons. The molecule has 0 bridgehead atoms. The smallest absolute Gasteiger partial charge is 0.122 e. The topological polar surface area (TPSA) is 62.3 Å². The number of nitriles is 1. The molecule has 0 unspecified atom stereocenters. The Bertz CT molecular complexity index is 778. The molecule has 0 radical (unpaired) electrons. The lowest BCUT2D eigenvalue weighted by Gasteiger charge is -2.27. The summed E-state index contributed by atoms with van der Waals surface area (Å²) in [5, 5.41) is 9.15. The highest BCUT2D eigenvalue weighted by Crippen LogP contribution is 2.41. The highest BCUT2D eigenvalue weighted by atomic mass is 16.5. The monoisotopic (exact) mass is 319 g/mol. The van der Waals surface area contributed by atoms with Crippen molar-refractivity contribution in [2.75, 3.05) is 32.0 Å². The fourth-order valence-electron chi connectivity index (χ4n) is 3.87. The van der Waals surface area contributed by atoms with Gasteiger partial charge in [-0.1, -0.05) is 12.1 Å². The number of nitrogen functional groups attached to an aromatic ring is 1. The maximum atomic E-state index is 9.15. The van der Waals surface area contributed by atoms with Crippen LogP contribution in [-0.2, 0) is 6.42 Å². The van der Waals surface area contributed by atoms with Gasteiger partial charge in [-0.3, -0.25) is 0 Å². The highest BCUT2D eigenvalue weighted by molar-refractivity contribution is 5.46. The summed E-state index contributed by atoms with van der Waals surface area (Å²) in [5.74, 6) is 1.96. The Morgan fingerprint density at radius 3 is 2.79 bits per heavy atom. The third-order valence-electron chi connectivity index (χ3n) is 5.20. The molecule has 0 saturated carbocycles. The summed E-state index contributed by atoms with van der Waals surface area (Å²) in [7, 11) is 0. The van der Waals surface area contributed by atoms with E-state index in [2.05, 4.69) is 23.1 Å². The first-order chi connectivity index (χ1) is 11.7. The Labute approximate surface area is 142 Å². The maximum absolute atomic E-state index is 9.15. The van der Waals surface area contributed by atoms with Crippen LogP contribution in [0.1, 0.15) is 22.6 Å². The molecule has 2 heterocycles. The zero-order valence-corrected chi connectivity index (χ0v) is 13.6. The minimum absolute atomic E-state index is 0.480. The normalized spacial score (nSPS) is 22.3. The summed E-state index contributed by atoms with van der Waals surface area (Å²) >= 11 is 0. The van der Waals surface area contributed by atoms with E-state index in [9.17, 15) is 0 Å². The number of benzene rings is 2. The first kappa shape index (κ1) is 15.0. The van der Waals surface area contributed by atoms with E-state index in [4.69, 9.17) is 15.7 Å². The number of anilines is 1. The number of rotatable bonds is 3. The molecular weight excluding hydrogens is 298 g/mol. The van der Waals surface area contributed by atoms with Crippen molar-refractivity contribution in [3.8, 4) is 11.8 Å². The number of nitrogens with zero attached hydrogens (tertiary/aromatic N) is 2. The van der Waals surface area contributed by atoms with Crippen LogP contribution in [0.5, 0.6) is 5.75 Å². The van der Waals surface area contributed by atoms with Crippen LogP contribution in [0.3, 0.4) is 0 Å². The second-order valence-electron chi connectivity index (χ2n) is 6.79. The number of hydrogen-bond acceptors (Lipinski definition) is 4. The Morgan fingerprint density at radius 2 is 2.00 bits per heavy atom. The van der Waals surface area contributed by atoms with Gasteiger partial charge in [0.05, 0.1) is 18.2 Å². The molecule has 0 amide bonds. The second-order valence-corrected chi connectivity index (χ2v) is 6.79. The SMILES string of the molecule is N#Cc1ccc2c(c1)[C@H]1CN(CCc3ccc(N)cc3)C[C@@H]1CO2. The molecule has 4 nitrogen and oxygen atoms in total. The predicted octanol–water partition coefficient (Wildman–Crippen LogP) is 2.79. The maximum Gasteiger partial charge on any atom is 0.122 e. The predicted molar refractivity (Wildman–Crippen MR) is 93.9 cm³/mol. The quantitative estimate of drug-likeness (QED) is 0.884. The van der Waals surface area contributed by atoms with Gasteiger partial charge in [-0.25, -0.2) is 0 Å². The van der Waals surface area contributed by atoms with E-state index in [0.717, 1.165) is 49.7 Å². The van der Waals surface area contributed by atoms with E-state index in [1.54, 1.807) is 0 Å². The lowest BCUT2D eigenvalue weighted by molar-refractivity contribution is 0.213. The van der Waals surface area contributed by atoms with Crippen LogP contribution in [0.15, 0.2) is 42.5 Å². The van der Waals surface area contributed by atoms with Crippen LogP contribution in [0.25, 0.3) is 0 Å². The van der Waals surface area contributed by atoms with Crippen LogP contribution in [-0.4, -0.2) is 31.1 Å². The summed E-state index contributed by atoms with van der Waals surface area (Å²) in [4.78, 5) is 2.52. The van der Waals surface area contributed by atoms with Crippen molar-refractivity contribution in [1.29, 1.82) is 5.26 Å². The summed E-state index contributed by atoms with van der Waals surface area (Å²) in [6.45, 7) is 3.94. The molecule has 2 aromatic rings. The largest absolute Gasteiger partial charge is 0.493 e. The van der Waals surface area contributed by atoms with Gasteiger partial charge in [-0.05, 0) is 42.3 Å². The fourth-order valence-corrected chi connectivity index (χ4v) is 3.87. The van der Waals surface area contributed by atoms with Gasteiger partial charge >= 0.3 is 0 Å². The molecule has 0 aliphatic carbocycles. The Kier molecular flexibility index (Phi) is 3.87. The summed E-state index contributed by atoms with van der Waals surface area (Å²) in [6.07, 6.45) is 1.03. The molecule has 0 aromatic heterocycles. The average molecular weight is 319 g/mol. The molecule has 2 aromatic carbocycles. The molecule has 0 spiro atoms. The van der Waals surface area contributed by atoms with Crippen molar-refractivity contribution >= 4 is 5.69 Å². The van der Waals surface area contributed by atoms with Crippen molar-refractivity contribution in [3.63, 3.8) is 0 Å². The van der Waals surface area contributed by atoms with Crippen LogP contribution in [0.2, 0.25) is 0 Å². The second kappa shape index (κ2) is 6.18. The lowest BCUT2D eigenvalue weighted by atomic mass is 9.86. The van der Waals surface area contributed by atoms with E-state index in [1.807, 2.05) is 30.3 Å². The third kappa shape index (κ3) is 2.83. The number of nitrogens with two attached hydrogens (primary N) is 1. The van der Waals surface area contributed by atoms with Crippen molar-refractivity contribution in [3.05, 3.63) is 59.2 Å². The summed E-state index contributed by atoms with van der Waals surface area (Å²) in [5.41, 5.74) is 9.81. The average Bonchev–Trinajstić information content (AvgIpc) is 3.04. The van der Waals surface area contributed by atoms with E-state index < -0.39 is 0 Å². The van der Waals surface area contributed by atoms with E-state index >= 15 is 0 Å². The molecule has 4 rings (SSSR count). The molecule has 2 atom stereocenters. The molecule has 1 fully saturated rings. The number of likely N-dealkylation sites (tertiary alicyclic amines) is 1. The summed E-state index contributed by atoms with van der Waals surface area (Å²) < 4.78 is 5.91. The highest BCUT2D eigenvalue weighted by Gasteiger charge is 2.38. The van der Waals surface area contributed by atoms with Gasteiger partial charge in [0.1, 0.15) is 5.75 Å². The number of hydrogen-bond donors (Lipinski definition) is 1. The molecule has 1 saturated heterocycles. The molecule has 4 heteroatoms. The lowest BCUT2D eigenvalue weighted by Crippen LogP contribution is -2.25. The minimum atomic E-state index is 0.480. The van der Waals surface area contributed by atoms with Gasteiger partial charge < -0.3 is 15.4 Å². The number of fused-ring (bicyclic) bond motifs is 3. The zero-order chi connectivity index (χ0) is 16.5. The Hall–Kier alpha value is -2.51. The van der Waals surface area contributed by atoms with Crippen molar-refractivity contribution < 1.29 is 4.74 Å². The molecule has 2 aliphatic rings. The van der Waals surface area contributed by atoms with E-state index in [1.165, 1.54) is 11.1 Å². The Balaban J connectivity index is 1.45. The molecule has 24 heavy (non-hydrogen) atoms. The van der Waals surface area contributed by atoms with Gasteiger partial charge in [-0.2, -0.15) is 5.26 Å². The minimum Gasteiger partial charge on any atom is -0.493 e. The first-order valence-electron chi connectivity index (χ1n) is 8.46. The van der Waals surface area contributed by atoms with E-state index in [-0.39, 0.29) is 0 Å². The zero-order valence-electron chi connectivity index (χ0n) is 13.6. The molecule has 2 aliphatic heterocycles. The summed E-state index contributed by atoms with van der Waals surface area (Å²) in [6, 6.07) is 16.2. The van der Waals surface area contributed by atoms with Gasteiger partial charge in [0, 0.05) is 42.7 Å². The van der Waals surface area contributed by atoms with Crippen molar-refractivity contribution in [2.45, 2.75) is 12.3 Å². The Morgan fingerprint density at radius 1 is 1.17 bits per heavy atom. The third-order valence-corrected chi connectivity index (χ3v) is 5.20. The molecule has 2 N–H and O–H groups in total. The molecular formula is C20H21N3O. The van der Waals surface area contributed by atoms with Gasteiger partial charge in [-0.15, -0.1) is 0 Å². The number of ether oxygens (including phenoxy) is 1. The van der Waals surface area contributed by atoms with Gasteiger partial charge in [0.25, 0.3) is 0 Å². The van der Waals surface area contributed by atoms with Crippen LogP contribution in [0, 0.1) is 17.2 Å². The van der Waals surface area contributed by atoms with Crippen LogP contribution in [0.4, 0.5) is 5.69 Å². The van der Waals surface area contributed by atoms with Crippen LogP contribution >= 0.6 is 0 Å². The first-order valence-corrected chi connectivity index (χ1v) is 8.46. The van der Waals surface area contributed by atoms with Gasteiger partial charge in [0.15, 0.2) is 0 Å². The van der Waals surface area contributed by atoms with Crippen LogP contribution < -0.4 is 10.5 Å². The standard InChI is InChI=1S/C20H21N3O/c21-10-15-3-6-20-18(9-15)19-12-23(11-16(19)13-24-20)8-7-14-1-4-17(22)5-2-14/h1-6,9,16,19H,7-8,11-13,22H2/t16-,19+/m1/s1. The van der Waals surface area contributed by atoms with E-state index in [0.29, 0.717) is 11.8 Å². The fraction of sp³-hybridized carbons (Fsp3) is 0.350. The van der Waals surface area contributed by atoms with Gasteiger partial charge in [0.2, 0.25) is 0 Å². The van der Waals surface area contributed by atoms with Crippen molar-refractivity contribution in [2.24, 2.45) is 5.92 Å². The van der Waals surface area contributed by atoms with Crippen molar-refractivity contribution in [1.82, 2.24) is 4.90 Å².